The van der Waals surface area contributed by atoms with Crippen LogP contribution in [0.25, 0.3) is 0 Å². The van der Waals surface area contributed by atoms with Crippen molar-refractivity contribution < 1.29 is 18.3 Å². The van der Waals surface area contributed by atoms with Gasteiger partial charge in [-0.25, -0.2) is 8.78 Å². The summed E-state index contributed by atoms with van der Waals surface area (Å²) in [6.45, 7) is 2.57. The average Bonchev–Trinajstić information content (AvgIpc) is 3.21. The van der Waals surface area contributed by atoms with E-state index >= 15 is 0 Å². The van der Waals surface area contributed by atoms with Crippen LogP contribution in [0, 0.1) is 17.6 Å². The maximum absolute atomic E-state index is 14.0. The Kier molecular flexibility index (Phi) is 5.32. The summed E-state index contributed by atoms with van der Waals surface area (Å²) in [5, 5.41) is 0. The Labute approximate surface area is 131 Å². The fraction of sp³-hybridized carbons (Fsp3) is 0.533. The van der Waals surface area contributed by atoms with Crippen molar-refractivity contribution in [1.82, 2.24) is 4.90 Å². The SMILES string of the molecule is COCCN(C(=O)c1c(F)cc(Br)cc1F)C(C)C1CC1. The molecule has 1 atom stereocenters. The highest BCUT2D eigenvalue weighted by molar-refractivity contribution is 9.10. The smallest absolute Gasteiger partial charge is 0.260 e. The lowest BCUT2D eigenvalue weighted by molar-refractivity contribution is 0.0585. The first-order chi connectivity index (χ1) is 9.95. The maximum atomic E-state index is 14.0. The predicted molar refractivity (Wildman–Crippen MR) is 79.2 cm³/mol. The van der Waals surface area contributed by atoms with Crippen LogP contribution in [0.3, 0.4) is 0 Å². The van der Waals surface area contributed by atoms with Crippen LogP contribution in [0.15, 0.2) is 16.6 Å². The standard InChI is InChI=1S/C15H18BrF2NO2/c1-9(10-3-4-10)19(5-6-21-2)15(20)14-12(17)7-11(16)8-13(14)18/h7-10H,3-6H2,1-2H3. The molecule has 1 aliphatic carbocycles. The number of carbonyl (C=O) groups excluding carboxylic acids is 1. The van der Waals surface area contributed by atoms with Crippen LogP contribution in [0.2, 0.25) is 0 Å². The van der Waals surface area contributed by atoms with E-state index < -0.39 is 23.1 Å². The van der Waals surface area contributed by atoms with Crippen molar-refractivity contribution in [2.45, 2.75) is 25.8 Å². The molecular formula is C15H18BrF2NO2. The number of methoxy groups -OCH3 is 1. The summed E-state index contributed by atoms with van der Waals surface area (Å²) < 4.78 is 33.2. The Morgan fingerprint density at radius 2 is 2.00 bits per heavy atom. The molecular weight excluding hydrogens is 344 g/mol. The largest absolute Gasteiger partial charge is 0.383 e. The second-order valence-corrected chi connectivity index (χ2v) is 6.23. The molecule has 1 aromatic carbocycles. The maximum Gasteiger partial charge on any atom is 0.260 e. The van der Waals surface area contributed by atoms with Crippen LogP contribution >= 0.6 is 15.9 Å². The Morgan fingerprint density at radius 3 is 2.48 bits per heavy atom. The summed E-state index contributed by atoms with van der Waals surface area (Å²) in [7, 11) is 1.53. The van der Waals surface area contributed by atoms with Gasteiger partial charge in [0.15, 0.2) is 0 Å². The van der Waals surface area contributed by atoms with Gasteiger partial charge in [0.2, 0.25) is 0 Å². The number of ether oxygens (including phenoxy) is 1. The molecule has 1 unspecified atom stereocenters. The van der Waals surface area contributed by atoms with E-state index in [2.05, 4.69) is 15.9 Å². The van der Waals surface area contributed by atoms with Gasteiger partial charge >= 0.3 is 0 Å². The van der Waals surface area contributed by atoms with Gasteiger partial charge in [-0.2, -0.15) is 0 Å². The summed E-state index contributed by atoms with van der Waals surface area (Å²) in [6, 6.07) is 2.16. The first kappa shape index (κ1) is 16.4. The van der Waals surface area contributed by atoms with E-state index in [0.717, 1.165) is 25.0 Å². The lowest BCUT2D eigenvalue weighted by atomic mass is 10.1. The number of benzene rings is 1. The molecule has 0 bridgehead atoms. The summed E-state index contributed by atoms with van der Waals surface area (Å²) in [5.41, 5.74) is -0.498. The van der Waals surface area contributed by atoms with Crippen LogP contribution in [0.4, 0.5) is 8.78 Å². The minimum Gasteiger partial charge on any atom is -0.383 e. The molecule has 3 nitrogen and oxygen atoms in total. The quantitative estimate of drug-likeness (QED) is 0.774. The zero-order valence-electron chi connectivity index (χ0n) is 12.0. The summed E-state index contributed by atoms with van der Waals surface area (Å²) in [6.07, 6.45) is 2.09. The summed E-state index contributed by atoms with van der Waals surface area (Å²) in [4.78, 5) is 14.1. The molecule has 0 radical (unpaired) electrons. The molecule has 2 rings (SSSR count). The lowest BCUT2D eigenvalue weighted by Gasteiger charge is -2.29. The van der Waals surface area contributed by atoms with E-state index in [1.807, 2.05) is 6.92 Å². The summed E-state index contributed by atoms with van der Waals surface area (Å²) in [5.74, 6) is -1.91. The van der Waals surface area contributed by atoms with E-state index in [0.29, 0.717) is 19.1 Å². The van der Waals surface area contributed by atoms with Crippen molar-refractivity contribution in [1.29, 1.82) is 0 Å². The molecule has 0 spiro atoms. The van der Waals surface area contributed by atoms with E-state index in [1.54, 1.807) is 0 Å². The van der Waals surface area contributed by atoms with Crippen molar-refractivity contribution in [2.24, 2.45) is 5.92 Å². The fourth-order valence-electron chi connectivity index (χ4n) is 2.40. The van der Waals surface area contributed by atoms with Gasteiger partial charge in [0, 0.05) is 24.2 Å². The van der Waals surface area contributed by atoms with Crippen molar-refractivity contribution in [2.75, 3.05) is 20.3 Å². The van der Waals surface area contributed by atoms with Gasteiger partial charge in [-0.15, -0.1) is 0 Å². The Bertz CT molecular complexity index is 511. The van der Waals surface area contributed by atoms with Gasteiger partial charge in [0.25, 0.3) is 5.91 Å². The molecule has 116 valence electrons. The molecule has 1 fully saturated rings. The number of hydrogen-bond acceptors (Lipinski definition) is 2. The van der Waals surface area contributed by atoms with Gasteiger partial charge in [-0.05, 0) is 37.8 Å². The van der Waals surface area contributed by atoms with Gasteiger partial charge in [0.1, 0.15) is 17.2 Å². The van der Waals surface area contributed by atoms with Gasteiger partial charge < -0.3 is 9.64 Å². The third-order valence-electron chi connectivity index (χ3n) is 3.81. The molecule has 1 amide bonds. The molecule has 6 heteroatoms. The molecule has 0 aromatic heterocycles. The van der Waals surface area contributed by atoms with E-state index in [-0.39, 0.29) is 10.5 Å². The Morgan fingerprint density at radius 1 is 1.43 bits per heavy atom. The van der Waals surface area contributed by atoms with Crippen LogP contribution < -0.4 is 0 Å². The fourth-order valence-corrected chi connectivity index (χ4v) is 2.80. The lowest BCUT2D eigenvalue weighted by Crippen LogP contribution is -2.42. The number of hydrogen-bond donors (Lipinski definition) is 0. The highest BCUT2D eigenvalue weighted by Gasteiger charge is 2.36. The second kappa shape index (κ2) is 6.83. The molecule has 1 aromatic rings. The number of amides is 1. The molecule has 1 saturated carbocycles. The monoisotopic (exact) mass is 361 g/mol. The van der Waals surface area contributed by atoms with Crippen LogP contribution in [0.1, 0.15) is 30.1 Å². The first-order valence-corrected chi connectivity index (χ1v) is 7.69. The topological polar surface area (TPSA) is 29.5 Å². The van der Waals surface area contributed by atoms with Gasteiger partial charge in [-0.3, -0.25) is 4.79 Å². The van der Waals surface area contributed by atoms with E-state index in [9.17, 15) is 13.6 Å². The van der Waals surface area contributed by atoms with Crippen LogP contribution in [-0.2, 0) is 4.74 Å². The molecule has 0 N–H and O–H groups in total. The molecule has 0 heterocycles. The van der Waals surface area contributed by atoms with E-state index in [4.69, 9.17) is 4.74 Å². The van der Waals surface area contributed by atoms with Crippen LogP contribution in [-0.4, -0.2) is 37.1 Å². The molecule has 1 aliphatic rings. The molecule has 21 heavy (non-hydrogen) atoms. The first-order valence-electron chi connectivity index (χ1n) is 6.90. The number of carbonyl (C=O) groups is 1. The predicted octanol–water partition coefficient (Wildman–Crippen LogP) is 3.61. The highest BCUT2D eigenvalue weighted by Crippen LogP contribution is 2.36. The second-order valence-electron chi connectivity index (χ2n) is 5.31. The summed E-state index contributed by atoms with van der Waals surface area (Å²) >= 11 is 3.01. The average molecular weight is 362 g/mol. The number of halogens is 3. The van der Waals surface area contributed by atoms with Crippen molar-refractivity contribution in [3.05, 3.63) is 33.8 Å². The zero-order valence-corrected chi connectivity index (χ0v) is 13.6. The van der Waals surface area contributed by atoms with Crippen LogP contribution in [0.5, 0.6) is 0 Å². The Hall–Kier alpha value is -1.01. The van der Waals surface area contributed by atoms with Gasteiger partial charge in [0.05, 0.1) is 6.61 Å². The van der Waals surface area contributed by atoms with E-state index in [1.165, 1.54) is 12.0 Å². The third-order valence-corrected chi connectivity index (χ3v) is 4.27. The normalized spacial score (nSPS) is 15.9. The van der Waals surface area contributed by atoms with Gasteiger partial charge in [-0.1, -0.05) is 15.9 Å². The zero-order chi connectivity index (χ0) is 15.6. The highest BCUT2D eigenvalue weighted by atomic mass is 79.9. The van der Waals surface area contributed by atoms with Crippen molar-refractivity contribution >= 4 is 21.8 Å². The number of nitrogens with zero attached hydrogens (tertiary/aromatic N) is 1. The van der Waals surface area contributed by atoms with Crippen molar-refractivity contribution in [3.8, 4) is 0 Å². The Balaban J connectivity index is 2.28. The third kappa shape index (κ3) is 3.80. The minimum atomic E-state index is -0.850. The minimum absolute atomic E-state index is 0.0462. The molecule has 0 aliphatic heterocycles. The molecule has 0 saturated heterocycles. The number of rotatable bonds is 6. The van der Waals surface area contributed by atoms with Crippen molar-refractivity contribution in [3.63, 3.8) is 0 Å².